The van der Waals surface area contributed by atoms with E-state index in [-0.39, 0.29) is 0 Å². The molecule has 2 aromatic rings. The van der Waals surface area contributed by atoms with E-state index in [1.807, 2.05) is 0 Å². The highest BCUT2D eigenvalue weighted by atomic mass is 15.2. The molecule has 0 aliphatic heterocycles. The van der Waals surface area contributed by atoms with Crippen LogP contribution < -0.4 is 4.90 Å². The lowest BCUT2D eigenvalue weighted by molar-refractivity contribution is 0.180. The van der Waals surface area contributed by atoms with Crippen molar-refractivity contribution in [1.82, 2.24) is 0 Å². The molecule has 2 aromatic carbocycles. The molecule has 0 saturated carbocycles. The van der Waals surface area contributed by atoms with Gasteiger partial charge in [0, 0.05) is 24.7 Å². The van der Waals surface area contributed by atoms with E-state index in [1.54, 1.807) is 0 Å². The Balaban J connectivity index is 2.07. The van der Waals surface area contributed by atoms with Gasteiger partial charge in [-0.05, 0) is 66.3 Å². The summed E-state index contributed by atoms with van der Waals surface area (Å²) in [4.78, 5) is 2.72. The van der Waals surface area contributed by atoms with Crippen molar-refractivity contribution in [3.63, 3.8) is 0 Å². The molecular formula is C25H35N. The molecule has 1 aliphatic carbocycles. The fourth-order valence-electron chi connectivity index (χ4n) is 5.41. The average molecular weight is 350 g/mol. The SMILES string of the molecule is CCC(N(CC)c1cccc2c1Cc1ccccc1-2)C(CC)(CC)CC. The molecule has 1 heteroatoms. The maximum absolute atomic E-state index is 2.72. The number of hydrogen-bond donors (Lipinski definition) is 0. The number of fused-ring (bicyclic) bond motifs is 3. The first-order valence-corrected chi connectivity index (χ1v) is 10.6. The van der Waals surface area contributed by atoms with Crippen molar-refractivity contribution in [3.05, 3.63) is 53.6 Å². The average Bonchev–Trinajstić information content (AvgIpc) is 3.08. The fraction of sp³-hybridized carbons (Fsp3) is 0.520. The zero-order chi connectivity index (χ0) is 18.7. The minimum absolute atomic E-state index is 0.402. The van der Waals surface area contributed by atoms with E-state index >= 15 is 0 Å². The van der Waals surface area contributed by atoms with Crippen molar-refractivity contribution in [2.45, 2.75) is 72.8 Å². The topological polar surface area (TPSA) is 3.24 Å². The van der Waals surface area contributed by atoms with Gasteiger partial charge in [-0.3, -0.25) is 0 Å². The van der Waals surface area contributed by atoms with E-state index in [0.717, 1.165) is 13.0 Å². The van der Waals surface area contributed by atoms with Gasteiger partial charge < -0.3 is 4.90 Å². The minimum atomic E-state index is 0.402. The standard InChI is InChI=1S/C25H35N/c1-6-24(25(7-2,8-3)9-4)26(10-5)23-17-13-16-21-20-15-12-11-14-19(20)18-22(21)23/h11-17,24H,6-10,18H2,1-5H3. The van der Waals surface area contributed by atoms with Crippen LogP contribution in [0.2, 0.25) is 0 Å². The molecule has 0 fully saturated rings. The van der Waals surface area contributed by atoms with Crippen LogP contribution in [-0.4, -0.2) is 12.6 Å². The highest BCUT2D eigenvalue weighted by molar-refractivity contribution is 5.82. The summed E-state index contributed by atoms with van der Waals surface area (Å²) in [5.41, 5.74) is 7.76. The molecule has 0 N–H and O–H groups in total. The Bertz CT molecular complexity index is 733. The summed E-state index contributed by atoms with van der Waals surface area (Å²) >= 11 is 0. The van der Waals surface area contributed by atoms with E-state index < -0.39 is 0 Å². The van der Waals surface area contributed by atoms with Gasteiger partial charge in [0.15, 0.2) is 0 Å². The highest BCUT2D eigenvalue weighted by Crippen LogP contribution is 2.45. The van der Waals surface area contributed by atoms with Gasteiger partial charge in [-0.25, -0.2) is 0 Å². The van der Waals surface area contributed by atoms with E-state index in [2.05, 4.69) is 82.0 Å². The largest absolute Gasteiger partial charge is 0.368 e. The molecule has 1 aliphatic rings. The Morgan fingerprint density at radius 2 is 1.50 bits per heavy atom. The molecule has 26 heavy (non-hydrogen) atoms. The maximum atomic E-state index is 2.72. The van der Waals surface area contributed by atoms with Crippen LogP contribution >= 0.6 is 0 Å². The summed E-state index contributed by atoms with van der Waals surface area (Å²) in [7, 11) is 0. The molecule has 0 spiro atoms. The van der Waals surface area contributed by atoms with Crippen molar-refractivity contribution in [1.29, 1.82) is 0 Å². The van der Waals surface area contributed by atoms with Crippen LogP contribution in [0, 0.1) is 5.41 Å². The summed E-state index contributed by atoms with van der Waals surface area (Å²) in [5.74, 6) is 0. The third-order valence-electron chi connectivity index (χ3n) is 7.06. The van der Waals surface area contributed by atoms with Crippen LogP contribution in [0.15, 0.2) is 42.5 Å². The number of benzene rings is 2. The second-order valence-electron chi connectivity index (χ2n) is 7.77. The lowest BCUT2D eigenvalue weighted by atomic mass is 9.71. The van der Waals surface area contributed by atoms with Gasteiger partial charge in [0.05, 0.1) is 0 Å². The van der Waals surface area contributed by atoms with E-state index in [9.17, 15) is 0 Å². The second-order valence-corrected chi connectivity index (χ2v) is 7.77. The van der Waals surface area contributed by atoms with Gasteiger partial charge in [0.2, 0.25) is 0 Å². The summed E-state index contributed by atoms with van der Waals surface area (Å²) in [6.45, 7) is 12.9. The van der Waals surface area contributed by atoms with Crippen LogP contribution in [0.25, 0.3) is 11.1 Å². The number of anilines is 1. The number of nitrogens with zero attached hydrogens (tertiary/aromatic N) is 1. The van der Waals surface area contributed by atoms with Gasteiger partial charge in [0.1, 0.15) is 0 Å². The lowest BCUT2D eigenvalue weighted by Crippen LogP contribution is -2.47. The van der Waals surface area contributed by atoms with Crippen LogP contribution in [0.5, 0.6) is 0 Å². The molecule has 0 bridgehead atoms. The Morgan fingerprint density at radius 3 is 2.12 bits per heavy atom. The van der Waals surface area contributed by atoms with Crippen LogP contribution in [0.4, 0.5) is 5.69 Å². The third kappa shape index (κ3) is 2.96. The minimum Gasteiger partial charge on any atom is -0.368 e. The van der Waals surface area contributed by atoms with Crippen molar-refractivity contribution < 1.29 is 0 Å². The first-order chi connectivity index (χ1) is 12.7. The van der Waals surface area contributed by atoms with Crippen LogP contribution in [0.3, 0.4) is 0 Å². The smallest absolute Gasteiger partial charge is 0.0411 e. The number of hydrogen-bond acceptors (Lipinski definition) is 1. The summed E-state index contributed by atoms with van der Waals surface area (Å²) in [5, 5.41) is 0. The van der Waals surface area contributed by atoms with E-state index in [4.69, 9.17) is 0 Å². The monoisotopic (exact) mass is 349 g/mol. The lowest BCUT2D eigenvalue weighted by Gasteiger charge is -2.46. The molecule has 0 radical (unpaired) electrons. The molecule has 0 saturated heterocycles. The zero-order valence-corrected chi connectivity index (χ0v) is 17.3. The van der Waals surface area contributed by atoms with Crippen molar-refractivity contribution >= 4 is 5.69 Å². The Hall–Kier alpha value is -1.76. The maximum Gasteiger partial charge on any atom is 0.0411 e. The highest BCUT2D eigenvalue weighted by Gasteiger charge is 2.37. The molecule has 0 heterocycles. The first-order valence-electron chi connectivity index (χ1n) is 10.6. The Morgan fingerprint density at radius 1 is 0.846 bits per heavy atom. The summed E-state index contributed by atoms with van der Waals surface area (Å²) in [6.07, 6.45) is 6.05. The van der Waals surface area contributed by atoms with E-state index in [1.165, 1.54) is 53.6 Å². The molecule has 1 unspecified atom stereocenters. The summed E-state index contributed by atoms with van der Waals surface area (Å²) < 4.78 is 0. The van der Waals surface area contributed by atoms with Crippen LogP contribution in [0.1, 0.15) is 71.4 Å². The molecule has 0 amide bonds. The van der Waals surface area contributed by atoms with Gasteiger partial charge in [0.25, 0.3) is 0 Å². The van der Waals surface area contributed by atoms with Gasteiger partial charge in [-0.1, -0.05) is 64.1 Å². The zero-order valence-electron chi connectivity index (χ0n) is 17.3. The van der Waals surface area contributed by atoms with Crippen molar-refractivity contribution in [3.8, 4) is 11.1 Å². The predicted molar refractivity (Wildman–Crippen MR) is 115 cm³/mol. The summed E-state index contributed by atoms with van der Waals surface area (Å²) in [6, 6.07) is 16.5. The van der Waals surface area contributed by atoms with Crippen molar-refractivity contribution in [2.75, 3.05) is 11.4 Å². The van der Waals surface area contributed by atoms with Gasteiger partial charge in [-0.15, -0.1) is 0 Å². The molecular weight excluding hydrogens is 314 g/mol. The molecule has 0 aromatic heterocycles. The molecule has 3 rings (SSSR count). The quantitative estimate of drug-likeness (QED) is 0.420. The van der Waals surface area contributed by atoms with E-state index in [0.29, 0.717) is 11.5 Å². The Labute approximate surface area is 160 Å². The normalized spacial score (nSPS) is 14.0. The van der Waals surface area contributed by atoms with Crippen LogP contribution in [-0.2, 0) is 6.42 Å². The molecule has 1 atom stereocenters. The fourth-order valence-corrected chi connectivity index (χ4v) is 5.41. The first kappa shape index (κ1) is 19.0. The predicted octanol–water partition coefficient (Wildman–Crippen LogP) is 7.08. The van der Waals surface area contributed by atoms with Gasteiger partial charge >= 0.3 is 0 Å². The molecule has 140 valence electrons. The number of rotatable bonds is 8. The molecule has 1 nitrogen and oxygen atoms in total. The van der Waals surface area contributed by atoms with Gasteiger partial charge in [-0.2, -0.15) is 0 Å². The van der Waals surface area contributed by atoms with Crippen molar-refractivity contribution in [2.24, 2.45) is 5.41 Å². The Kier molecular flexibility index (Phi) is 5.75. The second kappa shape index (κ2) is 7.86. The third-order valence-corrected chi connectivity index (χ3v) is 7.06.